The van der Waals surface area contributed by atoms with Gasteiger partial charge in [0, 0.05) is 13.0 Å². The van der Waals surface area contributed by atoms with Crippen LogP contribution in [0.4, 0.5) is 0 Å². The number of carbonyl (C=O) groups is 1. The van der Waals surface area contributed by atoms with Gasteiger partial charge in [-0.3, -0.25) is 4.79 Å². The van der Waals surface area contributed by atoms with E-state index in [0.717, 1.165) is 83.5 Å². The van der Waals surface area contributed by atoms with Gasteiger partial charge in [-0.15, -0.1) is 0 Å². The summed E-state index contributed by atoms with van der Waals surface area (Å²) < 4.78 is 34.5. The van der Waals surface area contributed by atoms with E-state index >= 15 is 0 Å². The molecule has 14 nitrogen and oxygen atoms in total. The fourth-order valence-corrected chi connectivity index (χ4v) is 10.1. The zero-order valence-corrected chi connectivity index (χ0v) is 51.9. The Kier molecular flexibility index (Phi) is 50.1. The van der Waals surface area contributed by atoms with Crippen LogP contribution < -0.4 is 0 Å². The molecule has 2 aliphatic heterocycles. The highest BCUT2D eigenvalue weighted by atomic mass is 16.7. The molecule has 0 bridgehead atoms. The maximum Gasteiger partial charge on any atom is 0.306 e. The second kappa shape index (κ2) is 54.6. The van der Waals surface area contributed by atoms with Gasteiger partial charge < -0.3 is 64.2 Å². The van der Waals surface area contributed by atoms with Crippen LogP contribution >= 0.6 is 0 Å². The summed E-state index contributed by atoms with van der Waals surface area (Å²) in [5.41, 5.74) is 0. The first-order valence-corrected chi connectivity index (χ1v) is 33.2. The minimum absolute atomic E-state index is 0.0549. The van der Waals surface area contributed by atoms with Crippen molar-refractivity contribution >= 4 is 5.97 Å². The molecule has 14 heteroatoms. The molecule has 11 atom stereocenters. The lowest BCUT2D eigenvalue weighted by atomic mass is 9.98. The van der Waals surface area contributed by atoms with E-state index < -0.39 is 80.7 Å². The van der Waals surface area contributed by atoms with Crippen LogP contribution in [0.25, 0.3) is 0 Å². The number of allylic oxidation sites excluding steroid dienone is 14. The summed E-state index contributed by atoms with van der Waals surface area (Å²) in [5, 5.41) is 72.6. The Morgan fingerprint density at radius 3 is 1.23 bits per heavy atom. The van der Waals surface area contributed by atoms with Crippen molar-refractivity contribution < 1.29 is 69.0 Å². The molecule has 2 heterocycles. The minimum Gasteiger partial charge on any atom is -0.457 e. The summed E-state index contributed by atoms with van der Waals surface area (Å²) in [7, 11) is 0. The van der Waals surface area contributed by atoms with Crippen molar-refractivity contribution in [2.45, 2.75) is 313 Å². The molecule has 480 valence electrons. The van der Waals surface area contributed by atoms with Crippen LogP contribution in [0.2, 0.25) is 0 Å². The molecule has 0 aromatic rings. The Bertz CT molecular complexity index is 1690. The van der Waals surface area contributed by atoms with E-state index in [4.69, 9.17) is 28.4 Å². The summed E-state index contributed by atoms with van der Waals surface area (Å²) in [6.45, 7) is 3.58. The molecule has 0 aliphatic carbocycles. The van der Waals surface area contributed by atoms with E-state index in [1.165, 1.54) is 135 Å². The smallest absolute Gasteiger partial charge is 0.306 e. The lowest BCUT2D eigenvalue weighted by Crippen LogP contribution is -2.61. The van der Waals surface area contributed by atoms with E-state index in [9.17, 15) is 40.5 Å². The van der Waals surface area contributed by atoms with Gasteiger partial charge >= 0.3 is 5.97 Å². The van der Waals surface area contributed by atoms with Crippen molar-refractivity contribution in [3.05, 3.63) is 85.1 Å². The Morgan fingerprint density at radius 1 is 0.410 bits per heavy atom. The Morgan fingerprint density at radius 2 is 0.783 bits per heavy atom. The third-order valence-electron chi connectivity index (χ3n) is 15.4. The number of ether oxygens (including phenoxy) is 6. The first-order chi connectivity index (χ1) is 40.6. The molecule has 7 N–H and O–H groups in total. The van der Waals surface area contributed by atoms with Crippen LogP contribution in [-0.4, -0.2) is 142 Å². The van der Waals surface area contributed by atoms with Crippen LogP contribution in [0.1, 0.15) is 245 Å². The predicted molar refractivity (Wildman–Crippen MR) is 335 cm³/mol. The van der Waals surface area contributed by atoms with Gasteiger partial charge in [-0.05, 0) is 89.9 Å². The van der Waals surface area contributed by atoms with E-state index in [1.54, 1.807) is 0 Å². The molecule has 0 saturated carbocycles. The molecule has 2 saturated heterocycles. The topological polar surface area (TPSA) is 214 Å². The molecule has 2 rings (SSSR count). The number of aliphatic hydroxyl groups excluding tert-OH is 7. The molecular weight excluding hydrogens is 1050 g/mol. The number of unbranched alkanes of at least 4 members (excludes halogenated alkanes) is 26. The third-order valence-corrected chi connectivity index (χ3v) is 15.4. The average molecular weight is 1170 g/mol. The molecule has 83 heavy (non-hydrogen) atoms. The Balaban J connectivity index is 1.67. The number of carbonyl (C=O) groups excluding carboxylic acids is 1. The van der Waals surface area contributed by atoms with Crippen LogP contribution in [0.3, 0.4) is 0 Å². The molecule has 0 aromatic heterocycles. The fourth-order valence-electron chi connectivity index (χ4n) is 10.1. The lowest BCUT2D eigenvalue weighted by Gasteiger charge is -2.42. The number of hydrogen-bond acceptors (Lipinski definition) is 14. The fraction of sp³-hybridized carbons (Fsp3) is 0.783. The van der Waals surface area contributed by atoms with Crippen LogP contribution in [-0.2, 0) is 33.2 Å². The van der Waals surface area contributed by atoms with Crippen molar-refractivity contribution in [2.75, 3.05) is 33.0 Å². The molecule has 2 aliphatic rings. The number of esters is 1. The second-order valence-electron chi connectivity index (χ2n) is 22.9. The van der Waals surface area contributed by atoms with Crippen molar-refractivity contribution in [3.63, 3.8) is 0 Å². The van der Waals surface area contributed by atoms with Crippen LogP contribution in [0.15, 0.2) is 85.1 Å². The van der Waals surface area contributed by atoms with Crippen molar-refractivity contribution in [1.82, 2.24) is 0 Å². The zero-order valence-electron chi connectivity index (χ0n) is 51.9. The Labute approximate surface area is 503 Å². The van der Waals surface area contributed by atoms with Gasteiger partial charge in [0.05, 0.1) is 26.4 Å². The molecule has 0 radical (unpaired) electrons. The minimum atomic E-state index is -1.71. The molecular formula is C69H120O14. The zero-order chi connectivity index (χ0) is 60.1. The highest BCUT2D eigenvalue weighted by molar-refractivity contribution is 5.69. The first kappa shape index (κ1) is 76.3. The van der Waals surface area contributed by atoms with Crippen molar-refractivity contribution in [1.29, 1.82) is 0 Å². The average Bonchev–Trinajstić information content (AvgIpc) is 3.67. The molecule has 0 amide bonds. The summed E-state index contributed by atoms with van der Waals surface area (Å²) in [6.07, 6.45) is 56.4. The number of aliphatic hydroxyl groups is 7. The van der Waals surface area contributed by atoms with Gasteiger partial charge in [-0.25, -0.2) is 0 Å². The van der Waals surface area contributed by atoms with Crippen LogP contribution in [0, 0.1) is 0 Å². The highest BCUT2D eigenvalue weighted by Crippen LogP contribution is 2.27. The molecule has 0 aromatic carbocycles. The van der Waals surface area contributed by atoms with Gasteiger partial charge in [0.15, 0.2) is 12.6 Å². The number of rotatable bonds is 54. The third kappa shape index (κ3) is 40.3. The second-order valence-corrected chi connectivity index (χ2v) is 22.9. The van der Waals surface area contributed by atoms with E-state index in [1.807, 2.05) is 0 Å². The quantitative estimate of drug-likeness (QED) is 0.0171. The van der Waals surface area contributed by atoms with Gasteiger partial charge in [0.1, 0.15) is 54.9 Å². The summed E-state index contributed by atoms with van der Waals surface area (Å²) in [5.74, 6) is -0.383. The van der Waals surface area contributed by atoms with Crippen molar-refractivity contribution in [3.8, 4) is 0 Å². The normalized spacial score (nSPS) is 24.0. The first-order valence-electron chi connectivity index (χ1n) is 33.2. The van der Waals surface area contributed by atoms with Gasteiger partial charge in [0.25, 0.3) is 0 Å². The maximum atomic E-state index is 13.1. The van der Waals surface area contributed by atoms with Gasteiger partial charge in [-0.2, -0.15) is 0 Å². The Hall–Kier alpha value is -2.83. The van der Waals surface area contributed by atoms with E-state index in [2.05, 4.69) is 98.9 Å². The van der Waals surface area contributed by atoms with E-state index in [-0.39, 0.29) is 25.6 Å². The highest BCUT2D eigenvalue weighted by Gasteiger charge is 2.47. The number of hydrogen-bond donors (Lipinski definition) is 7. The van der Waals surface area contributed by atoms with Gasteiger partial charge in [0.2, 0.25) is 0 Å². The largest absolute Gasteiger partial charge is 0.457 e. The molecule has 2 fully saturated rings. The SMILES string of the molecule is CC/C=C\C/C=C\C/C=C\C/C=C\C/C=C\CCCCCCCCCCCC(=O)OC(COCCCCCCCCCCCCCC/C=C\C/C=C\CCCCCCC)COC1OC(COC2OC(CO)C(O)C(O)C2O)C(O)C(O)C1O. The van der Waals surface area contributed by atoms with E-state index in [0.29, 0.717) is 13.0 Å². The van der Waals surface area contributed by atoms with Gasteiger partial charge in [-0.1, -0.05) is 234 Å². The van der Waals surface area contributed by atoms with Crippen LogP contribution in [0.5, 0.6) is 0 Å². The lowest BCUT2D eigenvalue weighted by molar-refractivity contribution is -0.332. The molecule has 11 unspecified atom stereocenters. The summed E-state index contributed by atoms with van der Waals surface area (Å²) in [4.78, 5) is 13.1. The standard InChI is InChI=1S/C69H120O14/c1-3-5-7-9-11-13-15-17-19-21-23-25-27-29-30-32-34-36-38-40-42-44-46-48-50-52-61(71)81-58(56-79-68-67(77)65(75)63(73)60(83-68)57-80-69-66(76)64(74)62(72)59(54-70)82-69)55-78-53-51-49-47-45-43-41-39-37-35-33-31-28-26-24-22-20-18-16-14-12-10-8-6-4-2/h5,7,11,13,16-19,22-25,29-30,58-60,62-70,72-77H,3-4,6,8-10,12,14-15,20-21,26-28,31-57H2,1-2H3/b7-5-,13-11-,18-16-,19-17-,24-22-,25-23-,30-29-. The monoisotopic (exact) mass is 1170 g/mol. The van der Waals surface area contributed by atoms with Crippen molar-refractivity contribution in [2.24, 2.45) is 0 Å². The summed E-state index contributed by atoms with van der Waals surface area (Å²) >= 11 is 0. The predicted octanol–water partition coefficient (Wildman–Crippen LogP) is 13.5. The molecule has 0 spiro atoms. The summed E-state index contributed by atoms with van der Waals surface area (Å²) in [6, 6.07) is 0. The maximum absolute atomic E-state index is 13.1.